The normalized spacial score (nSPS) is 11.4. The van der Waals surface area contributed by atoms with Crippen LogP contribution >= 0.6 is 11.3 Å². The summed E-state index contributed by atoms with van der Waals surface area (Å²) >= 11 is 1.33. The predicted octanol–water partition coefficient (Wildman–Crippen LogP) is 7.43. The number of carbonyl (C=O) groups is 3. The van der Waals surface area contributed by atoms with Crippen molar-refractivity contribution in [2.24, 2.45) is 0 Å². The highest BCUT2D eigenvalue weighted by atomic mass is 32.1. The van der Waals surface area contributed by atoms with Crippen LogP contribution in [0, 0.1) is 13.8 Å². The molecule has 2 N–H and O–H groups in total. The molecule has 1 aromatic heterocycles. The summed E-state index contributed by atoms with van der Waals surface area (Å²) in [6.45, 7) is 9.56. The minimum absolute atomic E-state index is 0.220. The van der Waals surface area contributed by atoms with Crippen molar-refractivity contribution in [3.05, 3.63) is 99.9 Å². The lowest BCUT2D eigenvalue weighted by Crippen LogP contribution is -2.30. The Kier molecular flexibility index (Phi) is 9.57. The molecule has 0 saturated carbocycles. The van der Waals surface area contributed by atoms with Gasteiger partial charge in [-0.2, -0.15) is 0 Å². The first-order chi connectivity index (χ1) is 19.7. The Labute approximate surface area is 244 Å². The van der Waals surface area contributed by atoms with Crippen LogP contribution in [0.5, 0.6) is 5.75 Å². The van der Waals surface area contributed by atoms with Crippen molar-refractivity contribution >= 4 is 39.8 Å². The Balaban J connectivity index is 1.47. The molecule has 212 valence electrons. The molecule has 0 fully saturated rings. The number of benzene rings is 3. The monoisotopic (exact) mass is 570 g/mol. The van der Waals surface area contributed by atoms with Gasteiger partial charge in [0.2, 0.25) is 0 Å². The van der Waals surface area contributed by atoms with E-state index in [0.717, 1.165) is 39.2 Å². The van der Waals surface area contributed by atoms with Crippen LogP contribution in [0.1, 0.15) is 57.5 Å². The maximum absolute atomic E-state index is 13.2. The number of hydrogen-bond donors (Lipinski definition) is 2. The van der Waals surface area contributed by atoms with Crippen LogP contribution in [0.4, 0.5) is 10.7 Å². The van der Waals surface area contributed by atoms with E-state index in [-0.39, 0.29) is 18.4 Å². The van der Waals surface area contributed by atoms with E-state index >= 15 is 0 Å². The minimum Gasteiger partial charge on any atom is -0.481 e. The van der Waals surface area contributed by atoms with E-state index in [0.29, 0.717) is 21.9 Å². The Hall–Kier alpha value is -4.43. The smallest absolute Gasteiger partial charge is 0.341 e. The molecule has 3 aromatic carbocycles. The van der Waals surface area contributed by atoms with E-state index in [4.69, 9.17) is 9.47 Å². The number of aryl methyl sites for hydroxylation is 3. The van der Waals surface area contributed by atoms with Crippen LogP contribution in [-0.2, 0) is 16.0 Å². The van der Waals surface area contributed by atoms with E-state index in [1.54, 1.807) is 38.1 Å². The van der Waals surface area contributed by atoms with Gasteiger partial charge in [-0.3, -0.25) is 9.59 Å². The fraction of sp³-hybridized carbons (Fsp3) is 0.242. The predicted molar refractivity (Wildman–Crippen MR) is 164 cm³/mol. The molecule has 1 atom stereocenters. The zero-order chi connectivity index (χ0) is 29.5. The first-order valence-corrected chi connectivity index (χ1v) is 14.4. The molecule has 8 heteroatoms. The molecule has 0 aliphatic heterocycles. The van der Waals surface area contributed by atoms with E-state index in [2.05, 4.69) is 10.6 Å². The second kappa shape index (κ2) is 13.3. The molecule has 4 rings (SSSR count). The van der Waals surface area contributed by atoms with Crippen LogP contribution in [-0.4, -0.2) is 30.5 Å². The maximum atomic E-state index is 13.2. The fourth-order valence-corrected chi connectivity index (χ4v) is 5.59. The third-order valence-electron chi connectivity index (χ3n) is 6.64. The summed E-state index contributed by atoms with van der Waals surface area (Å²) < 4.78 is 11.2. The third kappa shape index (κ3) is 6.84. The SMILES string of the molecule is CCOC(=O)c1c(NC(=O)c2ccc(O[C@H](C)C(=O)Nc3c(C)cccc3CC)cc2)sc(C)c1-c1ccccc1. The van der Waals surface area contributed by atoms with E-state index in [1.165, 1.54) is 11.3 Å². The van der Waals surface area contributed by atoms with Gasteiger partial charge in [0.15, 0.2) is 6.10 Å². The molecule has 0 saturated heterocycles. The summed E-state index contributed by atoms with van der Waals surface area (Å²) in [5, 5.41) is 6.31. The Morgan fingerprint density at radius 2 is 1.59 bits per heavy atom. The lowest BCUT2D eigenvalue weighted by molar-refractivity contribution is -0.122. The summed E-state index contributed by atoms with van der Waals surface area (Å²) in [6.07, 6.45) is 0.0484. The zero-order valence-electron chi connectivity index (χ0n) is 23.9. The Morgan fingerprint density at radius 1 is 0.878 bits per heavy atom. The number of carbonyl (C=O) groups excluding carboxylic acids is 3. The van der Waals surface area contributed by atoms with Crippen LogP contribution in [0.3, 0.4) is 0 Å². The molecule has 1 heterocycles. The summed E-state index contributed by atoms with van der Waals surface area (Å²) in [4.78, 5) is 39.9. The van der Waals surface area contributed by atoms with E-state index in [9.17, 15) is 14.4 Å². The second-order valence-electron chi connectivity index (χ2n) is 9.51. The van der Waals surface area contributed by atoms with Gasteiger partial charge in [-0.25, -0.2) is 4.79 Å². The number of para-hydroxylation sites is 1. The van der Waals surface area contributed by atoms with E-state index < -0.39 is 12.1 Å². The molecular weight excluding hydrogens is 536 g/mol. The van der Waals surface area contributed by atoms with Gasteiger partial charge in [0, 0.05) is 21.7 Å². The molecular formula is C33H34N2O5S. The average Bonchev–Trinajstić information content (AvgIpc) is 3.30. The van der Waals surface area contributed by atoms with Crippen molar-refractivity contribution in [3.8, 4) is 16.9 Å². The molecule has 0 unspecified atom stereocenters. The zero-order valence-corrected chi connectivity index (χ0v) is 24.7. The van der Waals surface area contributed by atoms with E-state index in [1.807, 2.05) is 69.3 Å². The number of rotatable bonds is 10. The second-order valence-corrected chi connectivity index (χ2v) is 10.7. The Bertz CT molecular complexity index is 1540. The lowest BCUT2D eigenvalue weighted by atomic mass is 10.0. The summed E-state index contributed by atoms with van der Waals surface area (Å²) in [5.74, 6) is -0.668. The van der Waals surface area contributed by atoms with Crippen LogP contribution in [0.2, 0.25) is 0 Å². The van der Waals surface area contributed by atoms with Gasteiger partial charge >= 0.3 is 5.97 Å². The first-order valence-electron chi connectivity index (χ1n) is 13.6. The molecule has 0 aliphatic carbocycles. The van der Waals surface area contributed by atoms with Gasteiger partial charge in [0.05, 0.1) is 6.61 Å². The van der Waals surface area contributed by atoms with Gasteiger partial charge in [-0.1, -0.05) is 55.5 Å². The minimum atomic E-state index is -0.753. The van der Waals surface area contributed by atoms with Crippen molar-refractivity contribution in [3.63, 3.8) is 0 Å². The van der Waals surface area contributed by atoms with Gasteiger partial charge in [0.1, 0.15) is 16.3 Å². The highest BCUT2D eigenvalue weighted by molar-refractivity contribution is 7.17. The molecule has 2 amide bonds. The highest BCUT2D eigenvalue weighted by Gasteiger charge is 2.26. The summed E-state index contributed by atoms with van der Waals surface area (Å²) in [5.41, 5.74) is 5.20. The number of nitrogens with one attached hydrogen (secondary N) is 2. The summed E-state index contributed by atoms with van der Waals surface area (Å²) in [6, 6.07) is 22.0. The molecule has 0 aliphatic rings. The van der Waals surface area contributed by atoms with Gasteiger partial charge < -0.3 is 20.1 Å². The lowest BCUT2D eigenvalue weighted by Gasteiger charge is -2.18. The number of thiophene rings is 1. The summed E-state index contributed by atoms with van der Waals surface area (Å²) in [7, 11) is 0. The molecule has 0 radical (unpaired) electrons. The van der Waals surface area contributed by atoms with Crippen molar-refractivity contribution < 1.29 is 23.9 Å². The standard InChI is InChI=1S/C33H34N2O5S/c1-6-23-15-11-12-20(3)29(23)34-30(36)21(4)40-26-18-16-25(17-19-26)31(37)35-32-28(33(38)39-7-2)27(22(5)41-32)24-13-9-8-10-14-24/h8-19,21H,6-7H2,1-5H3,(H,34,36)(H,35,37)/t21-/m1/s1. The van der Waals surface area contributed by atoms with Crippen LogP contribution in [0.15, 0.2) is 72.8 Å². The Morgan fingerprint density at radius 3 is 2.24 bits per heavy atom. The quantitative estimate of drug-likeness (QED) is 0.193. The molecule has 0 spiro atoms. The van der Waals surface area contributed by atoms with Crippen LogP contribution < -0.4 is 15.4 Å². The average molecular weight is 571 g/mol. The maximum Gasteiger partial charge on any atom is 0.341 e. The number of hydrogen-bond acceptors (Lipinski definition) is 6. The van der Waals surface area contributed by atoms with Gasteiger partial charge in [-0.15, -0.1) is 11.3 Å². The number of amides is 2. The topological polar surface area (TPSA) is 93.7 Å². The highest BCUT2D eigenvalue weighted by Crippen LogP contribution is 2.40. The van der Waals surface area contributed by atoms with Crippen molar-refractivity contribution in [2.45, 2.75) is 47.1 Å². The first kappa shape index (κ1) is 29.6. The molecule has 0 bridgehead atoms. The van der Waals surface area contributed by atoms with Gasteiger partial charge in [-0.05, 0) is 75.1 Å². The molecule has 4 aromatic rings. The number of anilines is 2. The number of esters is 1. The van der Waals surface area contributed by atoms with Gasteiger partial charge in [0.25, 0.3) is 11.8 Å². The molecule has 41 heavy (non-hydrogen) atoms. The van der Waals surface area contributed by atoms with Crippen molar-refractivity contribution in [1.82, 2.24) is 0 Å². The van der Waals surface area contributed by atoms with Crippen molar-refractivity contribution in [2.75, 3.05) is 17.2 Å². The van der Waals surface area contributed by atoms with Crippen LogP contribution in [0.25, 0.3) is 11.1 Å². The fourth-order valence-electron chi connectivity index (χ4n) is 4.53. The largest absolute Gasteiger partial charge is 0.481 e. The van der Waals surface area contributed by atoms with Crippen molar-refractivity contribution in [1.29, 1.82) is 0 Å². The third-order valence-corrected chi connectivity index (χ3v) is 7.66. The number of ether oxygens (including phenoxy) is 2. The molecule has 7 nitrogen and oxygen atoms in total.